The molecule has 2 heterocycles. The van der Waals surface area contributed by atoms with Crippen LogP contribution in [0.1, 0.15) is 68.8 Å². The van der Waals surface area contributed by atoms with E-state index in [0.717, 1.165) is 22.4 Å². The fraction of sp³-hybridized carbons (Fsp3) is 0.387. The fourth-order valence-electron chi connectivity index (χ4n) is 4.88. The van der Waals surface area contributed by atoms with Gasteiger partial charge in [-0.15, -0.1) is 0 Å². The van der Waals surface area contributed by atoms with Crippen molar-refractivity contribution in [3.8, 4) is 17.2 Å². The van der Waals surface area contributed by atoms with Crippen molar-refractivity contribution in [2.75, 3.05) is 27.4 Å². The second kappa shape index (κ2) is 12.1. The quantitative estimate of drug-likeness (QED) is 0.352. The first kappa shape index (κ1) is 29.1. The molecule has 1 aliphatic heterocycles. The van der Waals surface area contributed by atoms with Gasteiger partial charge in [0, 0.05) is 0 Å². The van der Waals surface area contributed by atoms with E-state index in [9.17, 15) is 9.59 Å². The highest BCUT2D eigenvalue weighted by molar-refractivity contribution is 7.07. The molecule has 0 fully saturated rings. The van der Waals surface area contributed by atoms with Gasteiger partial charge in [0.25, 0.3) is 5.56 Å². The number of methoxy groups -OCH3 is 2. The molecule has 8 nitrogen and oxygen atoms in total. The third-order valence-electron chi connectivity index (χ3n) is 6.85. The number of carbonyl (C=O) groups is 1. The van der Waals surface area contributed by atoms with Crippen LogP contribution in [0.3, 0.4) is 0 Å². The van der Waals surface area contributed by atoms with Gasteiger partial charge in [0.05, 0.1) is 49.3 Å². The average Bonchev–Trinajstić information content (AvgIpc) is 3.22. The molecule has 1 atom stereocenters. The van der Waals surface area contributed by atoms with E-state index >= 15 is 0 Å². The molecule has 0 bridgehead atoms. The zero-order chi connectivity index (χ0) is 29.1. The van der Waals surface area contributed by atoms with Crippen molar-refractivity contribution >= 4 is 23.4 Å². The first-order valence-corrected chi connectivity index (χ1v) is 14.2. The van der Waals surface area contributed by atoms with Gasteiger partial charge in [-0.2, -0.15) is 0 Å². The van der Waals surface area contributed by atoms with Crippen LogP contribution in [0.4, 0.5) is 0 Å². The van der Waals surface area contributed by atoms with Crippen LogP contribution in [0.25, 0.3) is 6.08 Å². The summed E-state index contributed by atoms with van der Waals surface area (Å²) < 4.78 is 24.4. The molecule has 0 unspecified atom stereocenters. The Balaban J connectivity index is 1.98. The van der Waals surface area contributed by atoms with E-state index in [0.29, 0.717) is 44.3 Å². The number of allylic oxidation sites excluding steroid dienone is 1. The number of nitrogens with zero attached hydrogens (tertiary/aromatic N) is 2. The van der Waals surface area contributed by atoms with Gasteiger partial charge < -0.3 is 18.9 Å². The molecule has 1 aliphatic rings. The molecule has 0 radical (unpaired) electrons. The normalized spacial score (nSPS) is 15.1. The summed E-state index contributed by atoms with van der Waals surface area (Å²) in [5, 5.41) is 0. The van der Waals surface area contributed by atoms with Crippen LogP contribution in [0, 0.1) is 6.92 Å². The second-order valence-electron chi connectivity index (χ2n) is 9.75. The van der Waals surface area contributed by atoms with Crippen molar-refractivity contribution in [1.82, 2.24) is 4.57 Å². The van der Waals surface area contributed by atoms with Crippen molar-refractivity contribution in [2.45, 2.75) is 53.5 Å². The zero-order valence-electron chi connectivity index (χ0n) is 24.3. The highest BCUT2D eigenvalue weighted by atomic mass is 32.1. The van der Waals surface area contributed by atoms with Gasteiger partial charge in [0.1, 0.15) is 5.75 Å². The van der Waals surface area contributed by atoms with E-state index in [1.54, 1.807) is 38.7 Å². The lowest BCUT2D eigenvalue weighted by atomic mass is 9.95. The maximum Gasteiger partial charge on any atom is 0.338 e. The number of hydrogen-bond acceptors (Lipinski definition) is 8. The lowest BCUT2D eigenvalue weighted by Crippen LogP contribution is -2.40. The number of fused-ring (bicyclic) bond motifs is 1. The van der Waals surface area contributed by atoms with Crippen LogP contribution >= 0.6 is 11.3 Å². The molecule has 0 saturated heterocycles. The van der Waals surface area contributed by atoms with Gasteiger partial charge in [-0.05, 0) is 86.2 Å². The Labute approximate surface area is 238 Å². The molecule has 0 saturated carbocycles. The molecule has 2 aromatic carbocycles. The third kappa shape index (κ3) is 5.43. The molecule has 0 aliphatic carbocycles. The van der Waals surface area contributed by atoms with Crippen LogP contribution in [-0.2, 0) is 9.53 Å². The summed E-state index contributed by atoms with van der Waals surface area (Å²) in [6.45, 7) is 12.2. The molecule has 3 aromatic rings. The van der Waals surface area contributed by atoms with Crippen LogP contribution in [0.2, 0.25) is 0 Å². The maximum absolute atomic E-state index is 14.0. The van der Waals surface area contributed by atoms with Crippen LogP contribution in [0.15, 0.2) is 51.4 Å². The third-order valence-corrected chi connectivity index (χ3v) is 7.83. The molecule has 212 valence electrons. The highest BCUT2D eigenvalue weighted by Gasteiger charge is 2.34. The van der Waals surface area contributed by atoms with E-state index in [1.807, 2.05) is 38.1 Å². The van der Waals surface area contributed by atoms with E-state index in [1.165, 1.54) is 11.3 Å². The highest BCUT2D eigenvalue weighted by Crippen LogP contribution is 2.36. The summed E-state index contributed by atoms with van der Waals surface area (Å²) in [6, 6.07) is 8.75. The number of rotatable bonds is 9. The molecule has 4 rings (SSSR count). The smallest absolute Gasteiger partial charge is 0.338 e. The minimum Gasteiger partial charge on any atom is -0.496 e. The molecular weight excluding hydrogens is 528 g/mol. The minimum absolute atomic E-state index is 0.203. The zero-order valence-corrected chi connectivity index (χ0v) is 25.1. The molecular formula is C31H36N2O6S. The Morgan fingerprint density at radius 1 is 1.05 bits per heavy atom. The van der Waals surface area contributed by atoms with Gasteiger partial charge in [-0.1, -0.05) is 31.3 Å². The van der Waals surface area contributed by atoms with Crippen LogP contribution in [0.5, 0.6) is 17.2 Å². The monoisotopic (exact) mass is 564 g/mol. The van der Waals surface area contributed by atoms with Crippen LogP contribution in [-0.4, -0.2) is 38.0 Å². The summed E-state index contributed by atoms with van der Waals surface area (Å²) in [4.78, 5) is 32.5. The predicted octanol–water partition coefficient (Wildman–Crippen LogP) is 4.65. The molecule has 0 spiro atoms. The predicted molar refractivity (Wildman–Crippen MR) is 156 cm³/mol. The Bertz CT molecular complexity index is 1650. The number of ether oxygens (including phenoxy) is 4. The van der Waals surface area contributed by atoms with Crippen molar-refractivity contribution in [3.63, 3.8) is 0 Å². The number of thiazole rings is 1. The molecule has 1 aromatic heterocycles. The number of aryl methyl sites for hydroxylation is 1. The largest absolute Gasteiger partial charge is 0.496 e. The lowest BCUT2D eigenvalue weighted by molar-refractivity contribution is -0.139. The Hall–Kier alpha value is -3.85. The topological polar surface area (TPSA) is 88.4 Å². The molecule has 40 heavy (non-hydrogen) atoms. The average molecular weight is 565 g/mol. The van der Waals surface area contributed by atoms with E-state index in [2.05, 4.69) is 24.9 Å². The number of carbonyl (C=O) groups excluding carboxylic acids is 1. The lowest BCUT2D eigenvalue weighted by Gasteiger charge is -2.25. The summed E-state index contributed by atoms with van der Waals surface area (Å²) in [5.74, 6) is 1.65. The summed E-state index contributed by atoms with van der Waals surface area (Å²) in [7, 11) is 3.23. The van der Waals surface area contributed by atoms with Crippen LogP contribution < -0.4 is 29.1 Å². The van der Waals surface area contributed by atoms with Gasteiger partial charge in [0.15, 0.2) is 16.3 Å². The van der Waals surface area contributed by atoms with E-state index in [4.69, 9.17) is 18.9 Å². The van der Waals surface area contributed by atoms with Gasteiger partial charge >= 0.3 is 5.97 Å². The van der Waals surface area contributed by atoms with Crippen molar-refractivity contribution in [1.29, 1.82) is 0 Å². The van der Waals surface area contributed by atoms with Gasteiger partial charge in [-0.25, -0.2) is 9.79 Å². The summed E-state index contributed by atoms with van der Waals surface area (Å²) >= 11 is 1.30. The number of aromatic nitrogens is 1. The number of esters is 1. The SMILES string of the molecule is CCOC(=O)C1=C(C)N=c2s/c(=C/c3cc(C(C)C)c(OC)cc3C)c(=O)n2[C@@H]1c1ccc(OC)c(OCC)c1. The summed E-state index contributed by atoms with van der Waals surface area (Å²) in [6.07, 6.45) is 1.89. The number of benzene rings is 2. The fourth-order valence-corrected chi connectivity index (χ4v) is 5.92. The maximum atomic E-state index is 14.0. The van der Waals surface area contributed by atoms with Gasteiger partial charge in [-0.3, -0.25) is 9.36 Å². The Morgan fingerprint density at radius 3 is 2.40 bits per heavy atom. The first-order chi connectivity index (χ1) is 19.1. The van der Waals surface area contributed by atoms with Crippen molar-refractivity contribution in [3.05, 3.63) is 83.5 Å². The Morgan fingerprint density at radius 2 is 1.77 bits per heavy atom. The standard InChI is InChI=1S/C31H36N2O6S/c1-9-38-25-15-20(11-12-23(25)36-7)28-27(30(35)39-10-2)19(6)32-31-33(28)29(34)26(40-31)16-21-14-22(17(3)4)24(37-8)13-18(21)5/h11-17,28H,9-10H2,1-8H3/b26-16+/t28-/m1/s1. The molecule has 0 N–H and O–H groups in total. The van der Waals surface area contributed by atoms with Crippen molar-refractivity contribution < 1.29 is 23.7 Å². The first-order valence-electron chi connectivity index (χ1n) is 13.3. The second-order valence-corrected chi connectivity index (χ2v) is 10.8. The minimum atomic E-state index is -0.745. The molecule has 0 amide bonds. The Kier molecular flexibility index (Phi) is 8.83. The number of hydrogen-bond donors (Lipinski definition) is 0. The summed E-state index contributed by atoms with van der Waals surface area (Å²) in [5.41, 5.74) is 4.25. The van der Waals surface area contributed by atoms with E-state index in [-0.39, 0.29) is 18.1 Å². The van der Waals surface area contributed by atoms with Crippen molar-refractivity contribution in [2.24, 2.45) is 4.99 Å². The van der Waals surface area contributed by atoms with E-state index < -0.39 is 12.0 Å². The molecule has 9 heteroatoms. The van der Waals surface area contributed by atoms with Gasteiger partial charge in [0.2, 0.25) is 0 Å².